The predicted molar refractivity (Wildman–Crippen MR) is 84.5 cm³/mol. The molecule has 0 saturated heterocycles. The van der Waals surface area contributed by atoms with Crippen LogP contribution in [0.25, 0.3) is 0 Å². The average Bonchev–Trinajstić information content (AvgIpc) is 2.91. The lowest BCUT2D eigenvalue weighted by molar-refractivity contribution is 0.102. The second-order valence-electron chi connectivity index (χ2n) is 5.15. The van der Waals surface area contributed by atoms with Crippen molar-refractivity contribution in [1.29, 1.82) is 0 Å². The fraction of sp³-hybridized carbons (Fsp3) is 0.353. The lowest BCUT2D eigenvalue weighted by Gasteiger charge is -2.15. The molecule has 1 aromatic carbocycles. The average molecular weight is 286 g/mol. The Hall–Kier alpha value is -2.07. The summed E-state index contributed by atoms with van der Waals surface area (Å²) in [6, 6.07) is 9.85. The van der Waals surface area contributed by atoms with Gasteiger partial charge in [-0.2, -0.15) is 0 Å². The largest absolute Gasteiger partial charge is 0.469 e. The molecule has 1 aromatic heterocycles. The maximum Gasteiger partial charge on any atom is 0.259 e. The van der Waals surface area contributed by atoms with Gasteiger partial charge in [-0.3, -0.25) is 4.79 Å². The lowest BCUT2D eigenvalue weighted by atomic mass is 10.1. The monoisotopic (exact) mass is 286 g/mol. The van der Waals surface area contributed by atoms with Gasteiger partial charge in [0.05, 0.1) is 11.8 Å². The van der Waals surface area contributed by atoms with Crippen molar-refractivity contribution in [3.8, 4) is 0 Å². The highest BCUT2D eigenvalue weighted by atomic mass is 16.3. The zero-order valence-corrected chi connectivity index (χ0v) is 12.8. The van der Waals surface area contributed by atoms with Crippen molar-refractivity contribution in [2.45, 2.75) is 33.2 Å². The Morgan fingerprint density at radius 3 is 2.81 bits per heavy atom. The molecule has 2 aromatic rings. The first kappa shape index (κ1) is 15.3. The van der Waals surface area contributed by atoms with E-state index in [0.717, 1.165) is 24.2 Å². The molecule has 0 bridgehead atoms. The van der Waals surface area contributed by atoms with Gasteiger partial charge in [0.2, 0.25) is 0 Å². The number of furan rings is 1. The summed E-state index contributed by atoms with van der Waals surface area (Å²) in [4.78, 5) is 12.2. The molecule has 0 saturated carbocycles. The van der Waals surface area contributed by atoms with E-state index < -0.39 is 0 Å². The Morgan fingerprint density at radius 1 is 1.33 bits per heavy atom. The minimum Gasteiger partial charge on any atom is -0.469 e. The third-order valence-corrected chi connectivity index (χ3v) is 3.45. The standard InChI is InChI=1S/C17H22N2O2/c1-4-9-18-12(2)14-6-5-7-15(11-14)19-17(20)16-8-10-21-13(16)3/h5-8,10-12,18H,4,9H2,1-3H3,(H,19,20). The molecule has 0 aliphatic carbocycles. The predicted octanol–water partition coefficient (Wildman–Crippen LogP) is 3.90. The molecule has 1 amide bonds. The first-order valence-electron chi connectivity index (χ1n) is 7.30. The van der Waals surface area contributed by atoms with Crippen molar-refractivity contribution in [2.24, 2.45) is 0 Å². The SMILES string of the molecule is CCCNC(C)c1cccc(NC(=O)c2ccoc2C)c1. The zero-order chi connectivity index (χ0) is 15.2. The van der Waals surface area contributed by atoms with Crippen LogP contribution < -0.4 is 10.6 Å². The molecule has 1 unspecified atom stereocenters. The van der Waals surface area contributed by atoms with Crippen molar-refractivity contribution in [1.82, 2.24) is 5.32 Å². The number of carbonyl (C=O) groups is 1. The summed E-state index contributed by atoms with van der Waals surface area (Å²) < 4.78 is 5.16. The number of rotatable bonds is 6. The van der Waals surface area contributed by atoms with Gasteiger partial charge in [-0.25, -0.2) is 0 Å². The van der Waals surface area contributed by atoms with E-state index in [4.69, 9.17) is 4.42 Å². The van der Waals surface area contributed by atoms with Crippen molar-refractivity contribution in [3.05, 3.63) is 53.5 Å². The van der Waals surface area contributed by atoms with Gasteiger partial charge in [0.1, 0.15) is 5.76 Å². The molecule has 1 heterocycles. The Kier molecular flexibility index (Phi) is 5.17. The van der Waals surface area contributed by atoms with Crippen LogP contribution in [0.1, 0.15) is 48.0 Å². The van der Waals surface area contributed by atoms with E-state index in [9.17, 15) is 4.79 Å². The molecular weight excluding hydrogens is 264 g/mol. The van der Waals surface area contributed by atoms with Crippen LogP contribution in [0.5, 0.6) is 0 Å². The molecule has 0 spiro atoms. The number of aryl methyl sites for hydroxylation is 1. The van der Waals surface area contributed by atoms with Crippen molar-refractivity contribution in [3.63, 3.8) is 0 Å². The smallest absolute Gasteiger partial charge is 0.259 e. The van der Waals surface area contributed by atoms with Gasteiger partial charge < -0.3 is 15.1 Å². The Balaban J connectivity index is 2.07. The van der Waals surface area contributed by atoms with Crippen molar-refractivity contribution in [2.75, 3.05) is 11.9 Å². The number of carbonyl (C=O) groups excluding carboxylic acids is 1. The molecule has 2 rings (SSSR count). The van der Waals surface area contributed by atoms with Crippen LogP contribution in [0.3, 0.4) is 0 Å². The lowest BCUT2D eigenvalue weighted by Crippen LogP contribution is -2.19. The quantitative estimate of drug-likeness (QED) is 0.846. The highest BCUT2D eigenvalue weighted by Gasteiger charge is 2.12. The third kappa shape index (κ3) is 3.95. The molecule has 2 N–H and O–H groups in total. The molecule has 4 nitrogen and oxygen atoms in total. The highest BCUT2D eigenvalue weighted by molar-refractivity contribution is 6.04. The maximum atomic E-state index is 12.2. The number of nitrogens with one attached hydrogen (secondary N) is 2. The van der Waals surface area contributed by atoms with Gasteiger partial charge in [-0.15, -0.1) is 0 Å². The van der Waals surface area contributed by atoms with E-state index in [-0.39, 0.29) is 11.9 Å². The second-order valence-corrected chi connectivity index (χ2v) is 5.15. The van der Waals surface area contributed by atoms with Gasteiger partial charge in [0.15, 0.2) is 0 Å². The molecule has 0 fully saturated rings. The number of hydrogen-bond acceptors (Lipinski definition) is 3. The van der Waals surface area contributed by atoms with Gasteiger partial charge >= 0.3 is 0 Å². The fourth-order valence-corrected chi connectivity index (χ4v) is 2.18. The molecule has 0 aliphatic heterocycles. The van der Waals surface area contributed by atoms with Crippen molar-refractivity contribution >= 4 is 11.6 Å². The van der Waals surface area contributed by atoms with Crippen LogP contribution in [-0.2, 0) is 0 Å². The maximum absolute atomic E-state index is 12.2. The molecule has 0 radical (unpaired) electrons. The fourth-order valence-electron chi connectivity index (χ4n) is 2.18. The van der Waals surface area contributed by atoms with E-state index in [2.05, 4.69) is 30.5 Å². The molecule has 21 heavy (non-hydrogen) atoms. The van der Waals surface area contributed by atoms with Crippen LogP contribution >= 0.6 is 0 Å². The summed E-state index contributed by atoms with van der Waals surface area (Å²) in [6.07, 6.45) is 2.62. The second kappa shape index (κ2) is 7.09. The zero-order valence-electron chi connectivity index (χ0n) is 12.8. The molecule has 112 valence electrons. The van der Waals surface area contributed by atoms with Crippen LogP contribution in [0.2, 0.25) is 0 Å². The first-order chi connectivity index (χ1) is 10.1. The van der Waals surface area contributed by atoms with Gasteiger partial charge in [0.25, 0.3) is 5.91 Å². The van der Waals surface area contributed by atoms with Crippen LogP contribution in [0.4, 0.5) is 5.69 Å². The molecule has 0 aliphatic rings. The topological polar surface area (TPSA) is 54.3 Å². The first-order valence-corrected chi connectivity index (χ1v) is 7.30. The third-order valence-electron chi connectivity index (χ3n) is 3.45. The molecular formula is C17H22N2O2. The van der Waals surface area contributed by atoms with Crippen LogP contribution in [-0.4, -0.2) is 12.5 Å². The van der Waals surface area contributed by atoms with E-state index >= 15 is 0 Å². The Morgan fingerprint density at radius 2 is 2.14 bits per heavy atom. The number of amides is 1. The molecule has 1 atom stereocenters. The minimum atomic E-state index is -0.146. The summed E-state index contributed by atoms with van der Waals surface area (Å²) in [5, 5.41) is 6.35. The van der Waals surface area contributed by atoms with Gasteiger partial charge in [-0.05, 0) is 50.6 Å². The van der Waals surface area contributed by atoms with E-state index in [1.807, 2.05) is 18.2 Å². The van der Waals surface area contributed by atoms with E-state index in [0.29, 0.717) is 11.3 Å². The minimum absolute atomic E-state index is 0.146. The summed E-state index contributed by atoms with van der Waals surface area (Å²) in [5.41, 5.74) is 2.52. The molecule has 4 heteroatoms. The Labute approximate surface area is 125 Å². The highest BCUT2D eigenvalue weighted by Crippen LogP contribution is 2.19. The number of hydrogen-bond donors (Lipinski definition) is 2. The van der Waals surface area contributed by atoms with Crippen molar-refractivity contribution < 1.29 is 9.21 Å². The van der Waals surface area contributed by atoms with E-state index in [1.165, 1.54) is 6.26 Å². The summed E-state index contributed by atoms with van der Waals surface area (Å²) in [7, 11) is 0. The number of anilines is 1. The summed E-state index contributed by atoms with van der Waals surface area (Å²) in [6.45, 7) is 7.02. The van der Waals surface area contributed by atoms with Crippen LogP contribution in [0, 0.1) is 6.92 Å². The van der Waals surface area contributed by atoms with Gasteiger partial charge in [-0.1, -0.05) is 19.1 Å². The van der Waals surface area contributed by atoms with E-state index in [1.54, 1.807) is 13.0 Å². The summed E-state index contributed by atoms with van der Waals surface area (Å²) in [5.74, 6) is 0.481. The van der Waals surface area contributed by atoms with Gasteiger partial charge in [0, 0.05) is 11.7 Å². The number of benzene rings is 1. The van der Waals surface area contributed by atoms with Crippen LogP contribution in [0.15, 0.2) is 41.0 Å². The normalized spacial score (nSPS) is 12.1. The Bertz CT molecular complexity index is 604. The summed E-state index contributed by atoms with van der Waals surface area (Å²) >= 11 is 0.